The molecule has 2 aromatic rings. The summed E-state index contributed by atoms with van der Waals surface area (Å²) in [4.78, 5) is 16.6. The van der Waals surface area contributed by atoms with E-state index in [1.165, 1.54) is 30.7 Å². The number of benzene rings is 1. The van der Waals surface area contributed by atoms with Crippen LogP contribution in [0.4, 0.5) is 10.1 Å². The molecule has 7 nitrogen and oxygen atoms in total. The zero-order valence-electron chi connectivity index (χ0n) is 13.4. The minimum absolute atomic E-state index is 0.0325. The highest BCUT2D eigenvalue weighted by molar-refractivity contribution is 7.10. The molecule has 0 aliphatic heterocycles. The summed E-state index contributed by atoms with van der Waals surface area (Å²) < 4.78 is 24.1. The van der Waals surface area contributed by atoms with E-state index in [0.717, 1.165) is 12.1 Å². The Kier molecular flexibility index (Phi) is 6.20. The van der Waals surface area contributed by atoms with E-state index in [9.17, 15) is 9.18 Å². The number of aromatic nitrogens is 1. The lowest BCUT2D eigenvalue weighted by Gasteiger charge is -2.11. The molecule has 0 atom stereocenters. The highest BCUT2D eigenvalue weighted by Crippen LogP contribution is 2.25. The van der Waals surface area contributed by atoms with Gasteiger partial charge in [-0.15, -0.1) is 11.3 Å². The van der Waals surface area contributed by atoms with Crippen molar-refractivity contribution in [3.8, 4) is 5.75 Å². The standard InChI is InChI=1S/C16H17FN4O3S/c1-23-2-3-24-14-6-11(18)9(4-10(14)17)16(20)13(22)5-12(19)15-7-21-8-25-15/h4-8,20H,2-3,18-19H2,1H3/b12-5-,20-16?. The molecule has 132 valence electrons. The summed E-state index contributed by atoms with van der Waals surface area (Å²) in [5.74, 6) is -1.49. The van der Waals surface area contributed by atoms with Crippen molar-refractivity contribution in [2.45, 2.75) is 0 Å². The largest absolute Gasteiger partial charge is 0.488 e. The maximum Gasteiger partial charge on any atom is 0.206 e. The number of allylic oxidation sites excluding steroid dienone is 1. The summed E-state index contributed by atoms with van der Waals surface area (Å²) in [6, 6.07) is 2.23. The fourth-order valence-corrected chi connectivity index (χ4v) is 2.46. The van der Waals surface area contributed by atoms with E-state index in [-0.39, 0.29) is 35.9 Å². The van der Waals surface area contributed by atoms with Crippen LogP contribution in [-0.4, -0.2) is 36.8 Å². The summed E-state index contributed by atoms with van der Waals surface area (Å²) in [5, 5.41) is 7.96. The number of nitrogens with two attached hydrogens (primary N) is 2. The Morgan fingerprint density at radius 3 is 2.84 bits per heavy atom. The average Bonchev–Trinajstić information content (AvgIpc) is 3.11. The first-order valence-corrected chi connectivity index (χ1v) is 8.02. The van der Waals surface area contributed by atoms with E-state index < -0.39 is 17.3 Å². The number of thiazole rings is 1. The average molecular weight is 364 g/mol. The number of rotatable bonds is 8. The number of anilines is 1. The number of halogens is 1. The molecule has 1 aromatic carbocycles. The third kappa shape index (κ3) is 4.61. The van der Waals surface area contributed by atoms with Gasteiger partial charge in [-0.1, -0.05) is 0 Å². The molecular formula is C16H17FN4O3S. The molecule has 0 aliphatic rings. The molecule has 0 saturated carbocycles. The van der Waals surface area contributed by atoms with Gasteiger partial charge in [-0.3, -0.25) is 15.2 Å². The fraction of sp³-hybridized carbons (Fsp3) is 0.188. The van der Waals surface area contributed by atoms with E-state index in [2.05, 4.69) is 4.98 Å². The molecule has 0 unspecified atom stereocenters. The number of hydrogen-bond donors (Lipinski definition) is 3. The lowest BCUT2D eigenvalue weighted by atomic mass is 10.0. The monoisotopic (exact) mass is 364 g/mol. The molecule has 25 heavy (non-hydrogen) atoms. The van der Waals surface area contributed by atoms with Crippen molar-refractivity contribution in [1.29, 1.82) is 5.41 Å². The van der Waals surface area contributed by atoms with Crippen molar-refractivity contribution < 1.29 is 18.7 Å². The summed E-state index contributed by atoms with van der Waals surface area (Å²) in [6.45, 7) is 0.438. The normalized spacial score (nSPS) is 11.4. The molecule has 0 bridgehead atoms. The Morgan fingerprint density at radius 2 is 2.20 bits per heavy atom. The van der Waals surface area contributed by atoms with Crippen LogP contribution in [0.2, 0.25) is 0 Å². The van der Waals surface area contributed by atoms with Crippen LogP contribution in [0, 0.1) is 11.2 Å². The van der Waals surface area contributed by atoms with Crippen LogP contribution in [0.25, 0.3) is 5.70 Å². The maximum atomic E-state index is 14.1. The van der Waals surface area contributed by atoms with Crippen molar-refractivity contribution in [2.75, 3.05) is 26.1 Å². The van der Waals surface area contributed by atoms with Crippen LogP contribution in [0.3, 0.4) is 0 Å². The van der Waals surface area contributed by atoms with Crippen molar-refractivity contribution in [3.63, 3.8) is 0 Å². The summed E-state index contributed by atoms with van der Waals surface area (Å²) in [5.41, 5.74) is 12.9. The van der Waals surface area contributed by atoms with Gasteiger partial charge in [-0.2, -0.15) is 0 Å². The first-order valence-electron chi connectivity index (χ1n) is 7.14. The minimum atomic E-state index is -0.725. The number of ether oxygens (including phenoxy) is 2. The Balaban J connectivity index is 2.20. The number of ketones is 1. The highest BCUT2D eigenvalue weighted by atomic mass is 32.1. The molecule has 0 radical (unpaired) electrons. The van der Waals surface area contributed by atoms with Crippen LogP contribution in [0.1, 0.15) is 10.4 Å². The van der Waals surface area contributed by atoms with Crippen LogP contribution in [0.15, 0.2) is 29.9 Å². The molecule has 2 rings (SSSR count). The molecule has 1 heterocycles. The molecule has 1 aromatic heterocycles. The highest BCUT2D eigenvalue weighted by Gasteiger charge is 2.17. The van der Waals surface area contributed by atoms with Gasteiger partial charge in [0.1, 0.15) is 12.3 Å². The number of hydrogen-bond acceptors (Lipinski definition) is 8. The smallest absolute Gasteiger partial charge is 0.206 e. The van der Waals surface area contributed by atoms with Gasteiger partial charge < -0.3 is 20.9 Å². The summed E-state index contributed by atoms with van der Waals surface area (Å²) >= 11 is 1.26. The fourth-order valence-electron chi connectivity index (χ4n) is 1.91. The van der Waals surface area contributed by atoms with Crippen LogP contribution >= 0.6 is 11.3 Å². The van der Waals surface area contributed by atoms with E-state index in [1.807, 2.05) is 0 Å². The number of nitrogens with zero attached hydrogens (tertiary/aromatic N) is 1. The second kappa shape index (κ2) is 8.36. The second-order valence-corrected chi connectivity index (χ2v) is 5.80. The topological polar surface area (TPSA) is 124 Å². The van der Waals surface area contributed by atoms with Gasteiger partial charge >= 0.3 is 0 Å². The Labute approximate surface area is 147 Å². The Hall–Kier alpha value is -2.78. The van der Waals surface area contributed by atoms with Gasteiger partial charge in [-0.25, -0.2) is 4.39 Å². The predicted molar refractivity (Wildman–Crippen MR) is 94.3 cm³/mol. The molecule has 0 amide bonds. The Morgan fingerprint density at radius 1 is 1.44 bits per heavy atom. The number of methoxy groups -OCH3 is 1. The lowest BCUT2D eigenvalue weighted by molar-refractivity contribution is -0.108. The number of carbonyl (C=O) groups excluding carboxylic acids is 1. The van der Waals surface area contributed by atoms with Crippen molar-refractivity contribution in [1.82, 2.24) is 4.98 Å². The zero-order chi connectivity index (χ0) is 18.4. The second-order valence-electron chi connectivity index (χ2n) is 4.92. The van der Waals surface area contributed by atoms with Gasteiger partial charge in [0.15, 0.2) is 11.6 Å². The van der Waals surface area contributed by atoms with Crippen LogP contribution < -0.4 is 16.2 Å². The van der Waals surface area contributed by atoms with Crippen molar-refractivity contribution >= 4 is 34.2 Å². The van der Waals surface area contributed by atoms with Crippen molar-refractivity contribution in [2.24, 2.45) is 5.73 Å². The molecule has 0 spiro atoms. The van der Waals surface area contributed by atoms with Gasteiger partial charge in [0.25, 0.3) is 0 Å². The summed E-state index contributed by atoms with van der Waals surface area (Å²) in [6.07, 6.45) is 2.60. The first-order chi connectivity index (χ1) is 11.9. The van der Waals surface area contributed by atoms with E-state index in [4.69, 9.17) is 26.4 Å². The van der Waals surface area contributed by atoms with E-state index >= 15 is 0 Å². The van der Waals surface area contributed by atoms with Gasteiger partial charge in [-0.05, 0) is 6.07 Å². The zero-order valence-corrected chi connectivity index (χ0v) is 14.2. The number of nitrogen functional groups attached to an aromatic ring is 1. The summed E-state index contributed by atoms with van der Waals surface area (Å²) in [7, 11) is 1.50. The Bertz CT molecular complexity index is 806. The number of nitrogens with one attached hydrogen (secondary N) is 1. The van der Waals surface area contributed by atoms with Crippen molar-refractivity contribution in [3.05, 3.63) is 46.2 Å². The minimum Gasteiger partial charge on any atom is -0.488 e. The van der Waals surface area contributed by atoms with E-state index in [1.54, 1.807) is 5.51 Å². The third-order valence-corrected chi connectivity index (χ3v) is 3.99. The molecular weight excluding hydrogens is 347 g/mol. The lowest BCUT2D eigenvalue weighted by Crippen LogP contribution is -2.16. The SMILES string of the molecule is COCCOc1cc(N)c(C(=N)C(=O)/C=C(\N)c2cncs2)cc1F. The quantitative estimate of drug-likeness (QED) is 0.284. The van der Waals surface area contributed by atoms with Gasteiger partial charge in [0.2, 0.25) is 5.78 Å². The third-order valence-electron chi connectivity index (χ3n) is 3.17. The van der Waals surface area contributed by atoms with Crippen LogP contribution in [-0.2, 0) is 9.53 Å². The number of carbonyl (C=O) groups is 1. The van der Waals surface area contributed by atoms with Gasteiger partial charge in [0, 0.05) is 36.7 Å². The predicted octanol–water partition coefficient (Wildman–Crippen LogP) is 1.83. The first kappa shape index (κ1) is 18.6. The molecule has 0 fully saturated rings. The van der Waals surface area contributed by atoms with Gasteiger partial charge in [0.05, 0.1) is 22.7 Å². The van der Waals surface area contributed by atoms with E-state index in [0.29, 0.717) is 4.88 Å². The molecule has 0 saturated heterocycles. The molecule has 0 aliphatic carbocycles. The van der Waals surface area contributed by atoms with Crippen LogP contribution in [0.5, 0.6) is 5.75 Å². The molecule has 9 heteroatoms. The molecule has 5 N–H and O–H groups in total. The maximum absolute atomic E-state index is 14.1.